The lowest BCUT2D eigenvalue weighted by Gasteiger charge is -2.00. The molecule has 2 aromatic rings. The fourth-order valence-corrected chi connectivity index (χ4v) is 2.21. The highest BCUT2D eigenvalue weighted by atomic mass is 79.9. The number of nitrogens with one attached hydrogen (secondary N) is 2. The van der Waals surface area contributed by atoms with Gasteiger partial charge in [0.25, 0.3) is 0 Å². The minimum Gasteiger partial charge on any atom is -0.306 e. The average Bonchev–Trinajstić information content (AvgIpc) is 2.55. The highest BCUT2D eigenvalue weighted by molar-refractivity contribution is 9.10. The van der Waals surface area contributed by atoms with Gasteiger partial charge in [-0.3, -0.25) is 4.79 Å². The number of imidazole rings is 1. The van der Waals surface area contributed by atoms with Crippen molar-refractivity contribution in [3.8, 4) is 0 Å². The van der Waals surface area contributed by atoms with Crippen LogP contribution in [-0.2, 0) is 0 Å². The Balaban J connectivity index is 2.71. The van der Waals surface area contributed by atoms with Crippen LogP contribution in [0.4, 0.5) is 0 Å². The van der Waals surface area contributed by atoms with Crippen LogP contribution in [0.15, 0.2) is 21.4 Å². The quantitative estimate of drug-likeness (QED) is 0.653. The van der Waals surface area contributed by atoms with E-state index in [1.165, 1.54) is 0 Å². The molecule has 78 valence electrons. The monoisotopic (exact) mass is 332 g/mol. The molecule has 0 saturated heterocycles. The van der Waals surface area contributed by atoms with Crippen molar-refractivity contribution in [3.05, 3.63) is 32.7 Å². The van der Waals surface area contributed by atoms with Crippen molar-refractivity contribution in [1.29, 1.82) is 0 Å². The van der Waals surface area contributed by atoms with E-state index in [-0.39, 0.29) is 16.8 Å². The third-order valence-corrected chi connectivity index (χ3v) is 3.19. The molecule has 1 aromatic heterocycles. The van der Waals surface area contributed by atoms with Crippen molar-refractivity contribution in [2.24, 2.45) is 0 Å². The number of fused-ring (bicyclic) bond motifs is 1. The first kappa shape index (κ1) is 10.6. The number of hydrogen-bond acceptors (Lipinski definition) is 2. The summed E-state index contributed by atoms with van der Waals surface area (Å²) in [5.74, 6) is -0.0363. The fraction of sp³-hybridized carbons (Fsp3) is 0.111. The predicted molar refractivity (Wildman–Crippen MR) is 64.7 cm³/mol. The smallest absolute Gasteiger partial charge is 0.306 e. The van der Waals surface area contributed by atoms with Crippen LogP contribution in [-0.4, -0.2) is 21.1 Å². The number of hydrogen-bond donors (Lipinski definition) is 2. The van der Waals surface area contributed by atoms with Gasteiger partial charge in [0.2, 0.25) is 0 Å². The van der Waals surface area contributed by atoms with E-state index < -0.39 is 0 Å². The standard InChI is InChI=1S/C9H6Br2N2O2/c10-3-8(14)4-1-6-7(2-5(4)11)13-9(15)12-6/h1-2H,3H2,(H2,12,13,15). The number of ketones is 1. The molecule has 0 bridgehead atoms. The summed E-state index contributed by atoms with van der Waals surface area (Å²) in [7, 11) is 0. The second-order valence-corrected chi connectivity index (χ2v) is 4.43. The van der Waals surface area contributed by atoms with Gasteiger partial charge < -0.3 is 9.97 Å². The summed E-state index contributed by atoms with van der Waals surface area (Å²) in [5.41, 5.74) is 1.58. The van der Waals surface area contributed by atoms with Crippen LogP contribution < -0.4 is 5.69 Å². The van der Waals surface area contributed by atoms with Gasteiger partial charge in [-0.1, -0.05) is 15.9 Å². The average molecular weight is 334 g/mol. The van der Waals surface area contributed by atoms with E-state index in [1.54, 1.807) is 12.1 Å². The minimum absolute atomic E-state index is 0.0363. The van der Waals surface area contributed by atoms with Gasteiger partial charge in [-0.25, -0.2) is 4.79 Å². The molecule has 15 heavy (non-hydrogen) atoms. The minimum atomic E-state index is -0.277. The largest absolute Gasteiger partial charge is 0.323 e. The highest BCUT2D eigenvalue weighted by Gasteiger charge is 2.11. The molecule has 0 spiro atoms. The van der Waals surface area contributed by atoms with Crippen LogP contribution in [0.2, 0.25) is 0 Å². The molecule has 0 atom stereocenters. The summed E-state index contributed by atoms with van der Waals surface area (Å²) in [6.07, 6.45) is 0. The Kier molecular flexibility index (Phi) is 2.79. The number of rotatable bonds is 2. The van der Waals surface area contributed by atoms with Gasteiger partial charge in [0.15, 0.2) is 5.78 Å². The first-order valence-electron chi connectivity index (χ1n) is 4.12. The molecule has 0 aliphatic rings. The van der Waals surface area contributed by atoms with Crippen molar-refractivity contribution in [3.63, 3.8) is 0 Å². The van der Waals surface area contributed by atoms with Gasteiger partial charge in [0, 0.05) is 10.0 Å². The van der Waals surface area contributed by atoms with Crippen LogP contribution in [0.3, 0.4) is 0 Å². The molecule has 0 amide bonds. The van der Waals surface area contributed by atoms with Crippen molar-refractivity contribution < 1.29 is 4.79 Å². The molecule has 1 aromatic carbocycles. The zero-order chi connectivity index (χ0) is 11.0. The molecule has 0 aliphatic carbocycles. The number of alkyl halides is 1. The van der Waals surface area contributed by atoms with Gasteiger partial charge in [0.1, 0.15) is 0 Å². The zero-order valence-electron chi connectivity index (χ0n) is 7.43. The molecule has 6 heteroatoms. The summed E-state index contributed by atoms with van der Waals surface area (Å²) in [6.45, 7) is 0. The van der Waals surface area contributed by atoms with Gasteiger partial charge >= 0.3 is 5.69 Å². The number of halogens is 2. The van der Waals surface area contributed by atoms with E-state index in [0.29, 0.717) is 21.1 Å². The molecule has 1 heterocycles. The lowest BCUT2D eigenvalue weighted by Crippen LogP contribution is -2.01. The molecule has 0 saturated carbocycles. The molecule has 0 aliphatic heterocycles. The van der Waals surface area contributed by atoms with Crippen LogP contribution >= 0.6 is 31.9 Å². The summed E-state index contributed by atoms with van der Waals surface area (Å²) < 4.78 is 0.676. The lowest BCUT2D eigenvalue weighted by atomic mass is 10.1. The van der Waals surface area contributed by atoms with E-state index >= 15 is 0 Å². The molecule has 2 rings (SSSR count). The van der Waals surface area contributed by atoms with Crippen molar-refractivity contribution in [1.82, 2.24) is 9.97 Å². The van der Waals surface area contributed by atoms with E-state index in [1.807, 2.05) is 0 Å². The van der Waals surface area contributed by atoms with Crippen LogP contribution in [0.25, 0.3) is 11.0 Å². The number of H-pyrrole nitrogens is 2. The van der Waals surface area contributed by atoms with E-state index in [4.69, 9.17) is 0 Å². The summed E-state index contributed by atoms with van der Waals surface area (Å²) in [4.78, 5) is 27.8. The third-order valence-electron chi connectivity index (χ3n) is 2.03. The summed E-state index contributed by atoms with van der Waals surface area (Å²) in [6, 6.07) is 3.37. The van der Waals surface area contributed by atoms with E-state index in [0.717, 1.165) is 0 Å². The normalized spacial score (nSPS) is 10.8. The molecular formula is C9H6Br2N2O2. The second-order valence-electron chi connectivity index (χ2n) is 3.01. The predicted octanol–water partition coefficient (Wildman–Crippen LogP) is 2.20. The molecular weight excluding hydrogens is 328 g/mol. The number of Topliss-reactive ketones (excluding diaryl/α,β-unsaturated/α-hetero) is 1. The Morgan fingerprint density at radius 3 is 2.47 bits per heavy atom. The van der Waals surface area contributed by atoms with Gasteiger partial charge in [0.05, 0.1) is 16.4 Å². The lowest BCUT2D eigenvalue weighted by molar-refractivity contribution is 0.102. The molecule has 2 N–H and O–H groups in total. The van der Waals surface area contributed by atoms with Crippen LogP contribution in [0, 0.1) is 0 Å². The van der Waals surface area contributed by atoms with Crippen molar-refractivity contribution >= 4 is 48.7 Å². The molecule has 0 radical (unpaired) electrons. The highest BCUT2D eigenvalue weighted by Crippen LogP contribution is 2.22. The van der Waals surface area contributed by atoms with Crippen LogP contribution in [0.1, 0.15) is 10.4 Å². The number of benzene rings is 1. The first-order chi connectivity index (χ1) is 7.11. The topological polar surface area (TPSA) is 65.7 Å². The Labute approximate surface area is 101 Å². The Morgan fingerprint density at radius 1 is 1.27 bits per heavy atom. The summed E-state index contributed by atoms with van der Waals surface area (Å²) in [5, 5.41) is 0.256. The SMILES string of the molecule is O=C(CBr)c1cc2[nH]c(=O)[nH]c2cc1Br. The van der Waals surface area contributed by atoms with Gasteiger partial charge in [-0.15, -0.1) is 0 Å². The number of aromatic amines is 2. The van der Waals surface area contributed by atoms with Crippen LogP contribution in [0.5, 0.6) is 0 Å². The second kappa shape index (κ2) is 3.94. The molecule has 0 fully saturated rings. The fourth-order valence-electron chi connectivity index (χ4n) is 1.34. The number of aromatic nitrogens is 2. The Hall–Kier alpha value is -0.880. The summed E-state index contributed by atoms with van der Waals surface area (Å²) >= 11 is 6.40. The van der Waals surface area contributed by atoms with Gasteiger partial charge in [-0.05, 0) is 28.1 Å². The number of carbonyl (C=O) groups excluding carboxylic acids is 1. The Morgan fingerprint density at radius 2 is 1.87 bits per heavy atom. The number of carbonyl (C=O) groups is 1. The van der Waals surface area contributed by atoms with Crippen molar-refractivity contribution in [2.75, 3.05) is 5.33 Å². The maximum absolute atomic E-state index is 11.5. The first-order valence-corrected chi connectivity index (χ1v) is 6.04. The third kappa shape index (κ3) is 1.91. The van der Waals surface area contributed by atoms with E-state index in [2.05, 4.69) is 41.8 Å². The molecule has 0 unspecified atom stereocenters. The molecule has 4 nitrogen and oxygen atoms in total. The Bertz CT molecular complexity index is 585. The van der Waals surface area contributed by atoms with Crippen molar-refractivity contribution in [2.45, 2.75) is 0 Å². The van der Waals surface area contributed by atoms with E-state index in [9.17, 15) is 9.59 Å². The zero-order valence-corrected chi connectivity index (χ0v) is 10.6. The maximum atomic E-state index is 11.5. The maximum Gasteiger partial charge on any atom is 0.323 e. The van der Waals surface area contributed by atoms with Gasteiger partial charge in [-0.2, -0.15) is 0 Å².